The van der Waals surface area contributed by atoms with Crippen LogP contribution in [0.2, 0.25) is 0 Å². The zero-order chi connectivity index (χ0) is 26.5. The molecule has 1 unspecified atom stereocenters. The SMILES string of the molecule is COc1cc2c(Nc3ccc(Oc4ccccc4OC4NC4=O)cc3)c(C#N)cnc2cc1NCCCCl. The van der Waals surface area contributed by atoms with Gasteiger partial charge in [0.05, 0.1) is 29.6 Å². The van der Waals surface area contributed by atoms with Gasteiger partial charge in [0.15, 0.2) is 11.5 Å². The number of amides is 1. The largest absolute Gasteiger partial charge is 0.495 e. The summed E-state index contributed by atoms with van der Waals surface area (Å²) in [5.74, 6) is 2.57. The normalized spacial score (nSPS) is 13.8. The second-order valence-corrected chi connectivity index (χ2v) is 8.78. The molecule has 38 heavy (non-hydrogen) atoms. The number of hydrogen-bond donors (Lipinski definition) is 3. The maximum absolute atomic E-state index is 11.3. The van der Waals surface area contributed by atoms with Crippen molar-refractivity contribution in [3.05, 3.63) is 72.4 Å². The van der Waals surface area contributed by atoms with Crippen LogP contribution in [0.4, 0.5) is 17.1 Å². The van der Waals surface area contributed by atoms with Crippen molar-refractivity contribution in [2.24, 2.45) is 0 Å². The van der Waals surface area contributed by atoms with Crippen molar-refractivity contribution < 1.29 is 19.0 Å². The van der Waals surface area contributed by atoms with Gasteiger partial charge in [-0.3, -0.25) is 9.78 Å². The van der Waals surface area contributed by atoms with Crippen molar-refractivity contribution >= 4 is 45.5 Å². The van der Waals surface area contributed by atoms with Gasteiger partial charge in [0.1, 0.15) is 17.6 Å². The molecular formula is C28H24ClN5O4. The van der Waals surface area contributed by atoms with E-state index < -0.39 is 6.23 Å². The van der Waals surface area contributed by atoms with Gasteiger partial charge in [0.25, 0.3) is 12.1 Å². The molecule has 2 heterocycles. The highest BCUT2D eigenvalue weighted by Gasteiger charge is 2.36. The summed E-state index contributed by atoms with van der Waals surface area (Å²) in [6.07, 6.45) is 1.73. The number of carbonyl (C=O) groups is 1. The number of anilines is 3. The van der Waals surface area contributed by atoms with Gasteiger partial charge in [-0.25, -0.2) is 0 Å². The molecule has 1 fully saturated rings. The Morgan fingerprint density at radius 3 is 2.55 bits per heavy atom. The predicted octanol–water partition coefficient (Wildman–Crippen LogP) is 5.53. The summed E-state index contributed by atoms with van der Waals surface area (Å²) < 4.78 is 17.2. The number of alkyl halides is 1. The van der Waals surface area contributed by atoms with E-state index in [9.17, 15) is 10.1 Å². The molecule has 3 N–H and O–H groups in total. The van der Waals surface area contributed by atoms with Gasteiger partial charge in [-0.1, -0.05) is 12.1 Å². The molecule has 0 aliphatic carbocycles. The highest BCUT2D eigenvalue weighted by atomic mass is 35.5. The van der Waals surface area contributed by atoms with E-state index in [-0.39, 0.29) is 5.91 Å². The van der Waals surface area contributed by atoms with Gasteiger partial charge in [0, 0.05) is 29.7 Å². The lowest BCUT2D eigenvalue weighted by Crippen LogP contribution is -2.04. The van der Waals surface area contributed by atoms with Crippen molar-refractivity contribution in [1.29, 1.82) is 5.26 Å². The van der Waals surface area contributed by atoms with Gasteiger partial charge in [-0.2, -0.15) is 5.26 Å². The average molecular weight is 530 g/mol. The van der Waals surface area contributed by atoms with Crippen LogP contribution in [0.15, 0.2) is 66.9 Å². The molecule has 0 spiro atoms. The number of fused-ring (bicyclic) bond motifs is 1. The summed E-state index contributed by atoms with van der Waals surface area (Å²) in [7, 11) is 1.60. The standard InChI is InChI=1S/C28H24ClN5O4/c1-36-25-13-20-21(14-22(25)31-12-4-11-29)32-16-17(15-30)26(20)33-18-7-9-19(10-8-18)37-23-5-2-3-6-24(23)38-28-27(35)34-28/h2-3,5-10,13-14,16,28,31H,4,11-12H2,1H3,(H,32,33)(H,34,35). The number of nitriles is 1. The summed E-state index contributed by atoms with van der Waals surface area (Å²) >= 11 is 5.80. The Morgan fingerprint density at radius 2 is 1.87 bits per heavy atom. The van der Waals surface area contributed by atoms with Gasteiger partial charge < -0.3 is 30.2 Å². The van der Waals surface area contributed by atoms with Crippen LogP contribution in [0.3, 0.4) is 0 Å². The quantitative estimate of drug-likeness (QED) is 0.131. The molecule has 5 rings (SSSR count). The number of ether oxygens (including phenoxy) is 3. The topological polar surface area (TPSA) is 127 Å². The minimum Gasteiger partial charge on any atom is -0.495 e. The third kappa shape index (κ3) is 5.51. The first-order chi connectivity index (χ1) is 18.6. The number of carbonyl (C=O) groups excluding carboxylic acids is 1. The first-order valence-electron chi connectivity index (χ1n) is 11.9. The van der Waals surface area contributed by atoms with E-state index in [4.69, 9.17) is 25.8 Å². The lowest BCUT2D eigenvalue weighted by Gasteiger charge is -2.16. The summed E-state index contributed by atoms with van der Waals surface area (Å²) in [5, 5.41) is 19.8. The molecular weight excluding hydrogens is 506 g/mol. The lowest BCUT2D eigenvalue weighted by atomic mass is 10.1. The Balaban J connectivity index is 1.38. The fourth-order valence-electron chi connectivity index (χ4n) is 3.84. The average Bonchev–Trinajstić information content (AvgIpc) is 3.64. The number of benzene rings is 3. The fourth-order valence-corrected chi connectivity index (χ4v) is 3.98. The molecule has 0 saturated carbocycles. The minimum absolute atomic E-state index is 0.160. The van der Waals surface area contributed by atoms with Gasteiger partial charge in [-0.05, 0) is 55.0 Å². The molecule has 0 radical (unpaired) electrons. The number of para-hydroxylation sites is 2. The molecule has 1 atom stereocenters. The van der Waals surface area contributed by atoms with Crippen LogP contribution in [0, 0.1) is 11.3 Å². The fraction of sp³-hybridized carbons (Fsp3) is 0.179. The third-order valence-electron chi connectivity index (χ3n) is 5.81. The molecule has 1 aliphatic rings. The Bertz CT molecular complexity index is 1520. The van der Waals surface area contributed by atoms with E-state index in [0.29, 0.717) is 52.2 Å². The van der Waals surface area contributed by atoms with E-state index in [1.807, 2.05) is 36.4 Å². The first-order valence-corrected chi connectivity index (χ1v) is 12.4. The summed E-state index contributed by atoms with van der Waals surface area (Å²) in [4.78, 5) is 15.7. The van der Waals surface area contributed by atoms with Crippen molar-refractivity contribution in [2.75, 3.05) is 30.2 Å². The molecule has 4 aromatic rings. The number of halogens is 1. The Hall–Kier alpha value is -4.68. The van der Waals surface area contributed by atoms with Crippen LogP contribution < -0.4 is 30.2 Å². The zero-order valence-corrected chi connectivity index (χ0v) is 21.2. The van der Waals surface area contributed by atoms with E-state index in [1.165, 1.54) is 0 Å². The number of aromatic nitrogens is 1. The van der Waals surface area contributed by atoms with E-state index in [0.717, 1.165) is 23.2 Å². The number of rotatable bonds is 11. The van der Waals surface area contributed by atoms with Crippen molar-refractivity contribution in [1.82, 2.24) is 10.3 Å². The van der Waals surface area contributed by atoms with Crippen LogP contribution in [0.5, 0.6) is 23.0 Å². The Morgan fingerprint density at radius 1 is 1.11 bits per heavy atom. The molecule has 3 aromatic carbocycles. The highest BCUT2D eigenvalue weighted by Crippen LogP contribution is 2.37. The van der Waals surface area contributed by atoms with E-state index in [2.05, 4.69) is 27.0 Å². The number of pyridine rings is 1. The van der Waals surface area contributed by atoms with Gasteiger partial charge >= 0.3 is 0 Å². The molecule has 0 bridgehead atoms. The van der Waals surface area contributed by atoms with Crippen LogP contribution in [0.25, 0.3) is 10.9 Å². The number of hydrogen-bond acceptors (Lipinski definition) is 8. The highest BCUT2D eigenvalue weighted by molar-refractivity contribution is 6.17. The first kappa shape index (κ1) is 25.0. The van der Waals surface area contributed by atoms with Crippen LogP contribution in [-0.2, 0) is 4.79 Å². The zero-order valence-electron chi connectivity index (χ0n) is 20.5. The second-order valence-electron chi connectivity index (χ2n) is 8.40. The molecule has 10 heteroatoms. The number of methoxy groups -OCH3 is 1. The van der Waals surface area contributed by atoms with Crippen molar-refractivity contribution in [3.63, 3.8) is 0 Å². The lowest BCUT2D eigenvalue weighted by molar-refractivity contribution is -0.112. The molecule has 1 aliphatic heterocycles. The van der Waals surface area contributed by atoms with Crippen molar-refractivity contribution in [2.45, 2.75) is 12.6 Å². The smallest absolute Gasteiger partial charge is 0.285 e. The molecule has 192 valence electrons. The molecule has 1 amide bonds. The summed E-state index contributed by atoms with van der Waals surface area (Å²) in [5.41, 5.74) is 3.29. The maximum Gasteiger partial charge on any atom is 0.285 e. The van der Waals surface area contributed by atoms with Crippen LogP contribution >= 0.6 is 11.6 Å². The minimum atomic E-state index is -0.632. The summed E-state index contributed by atoms with van der Waals surface area (Å²) in [6.45, 7) is 0.702. The van der Waals surface area contributed by atoms with Gasteiger partial charge in [0.2, 0.25) is 0 Å². The molecule has 1 saturated heterocycles. The molecule has 1 aromatic heterocycles. The number of nitrogens with zero attached hydrogens (tertiary/aromatic N) is 2. The van der Waals surface area contributed by atoms with E-state index in [1.54, 1.807) is 37.6 Å². The van der Waals surface area contributed by atoms with Gasteiger partial charge in [-0.15, -0.1) is 11.6 Å². The van der Waals surface area contributed by atoms with Crippen LogP contribution in [-0.4, -0.2) is 36.7 Å². The monoisotopic (exact) mass is 529 g/mol. The predicted molar refractivity (Wildman–Crippen MR) is 146 cm³/mol. The van der Waals surface area contributed by atoms with E-state index >= 15 is 0 Å². The number of nitrogens with one attached hydrogen (secondary N) is 3. The van der Waals surface area contributed by atoms with Crippen molar-refractivity contribution in [3.8, 4) is 29.1 Å². The third-order valence-corrected chi connectivity index (χ3v) is 6.08. The molecule has 9 nitrogen and oxygen atoms in total. The second kappa shape index (κ2) is 11.2. The van der Waals surface area contributed by atoms with Crippen LogP contribution in [0.1, 0.15) is 12.0 Å². The maximum atomic E-state index is 11.3. The Labute approximate surface area is 224 Å². The summed E-state index contributed by atoms with van der Waals surface area (Å²) in [6, 6.07) is 20.4. The Kier molecular flexibility index (Phi) is 7.33.